The number of rotatable bonds is 17. The smallest absolute Gasteiger partial charge is 0.311 e. The standard InChI is InChI=1S/C56H96FN7O12/c1-15-46-56(9,69)52(66)38(6)62(12)31-34(2)26-45(65)50(36(4)49(37(5)54(68)74-46)76-48-29-55(8,71-14)53(67)39(7)73-48)75-47-28-43(27-35(3)72-47)61(11)21-20-42-33-64(59-58-42)44(30-57)51(70-13)41-18-16-40(17-19-41)32-63-24-22-60(10)23-25-63/h16-19,33-39,43-53,65-67,69H,15,20-32H2,1-14H3/t34-,35-,36+,37-,38-,39+,43+,44-,45-,46-,47+,48+,49+,50-,51-,52-,53+,55-,56-/m1/s1. The minimum absolute atomic E-state index is 0.00432. The van der Waals surface area contributed by atoms with Gasteiger partial charge in [-0.3, -0.25) is 9.69 Å². The third-order valence-electron chi connectivity index (χ3n) is 17.4. The van der Waals surface area contributed by atoms with E-state index in [4.69, 9.17) is 33.2 Å². The molecule has 0 bridgehead atoms. The molecule has 1 aromatic carbocycles. The Kier molecular flexibility index (Phi) is 22.6. The predicted octanol–water partition coefficient (Wildman–Crippen LogP) is 4.39. The van der Waals surface area contributed by atoms with Gasteiger partial charge in [0.05, 0.1) is 47.7 Å². The lowest BCUT2D eigenvalue weighted by Crippen LogP contribution is -2.59. The molecule has 5 heterocycles. The Hall–Kier alpha value is -2.80. The molecule has 0 radical (unpaired) electrons. The van der Waals surface area contributed by atoms with E-state index in [0.29, 0.717) is 32.4 Å². The Bertz CT molecular complexity index is 2070. The third kappa shape index (κ3) is 15.3. The number of aromatic nitrogens is 3. The molecule has 4 fully saturated rings. The molecule has 19 atom stereocenters. The maximum absolute atomic E-state index is 15.0. The number of esters is 1. The van der Waals surface area contributed by atoms with E-state index >= 15 is 0 Å². The van der Waals surface area contributed by atoms with Crippen molar-refractivity contribution in [3.8, 4) is 0 Å². The average Bonchev–Trinajstić information content (AvgIpc) is 3.86. The van der Waals surface area contributed by atoms with Crippen LogP contribution >= 0.6 is 0 Å². The normalized spacial score (nSPS) is 38.3. The molecule has 4 saturated heterocycles. The van der Waals surface area contributed by atoms with Crippen LogP contribution in [0.4, 0.5) is 4.39 Å². The van der Waals surface area contributed by atoms with Gasteiger partial charge < -0.3 is 68.3 Å². The Morgan fingerprint density at radius 3 is 2.21 bits per heavy atom. The van der Waals surface area contributed by atoms with Crippen molar-refractivity contribution in [3.05, 3.63) is 47.3 Å². The quantitative estimate of drug-likeness (QED) is 0.162. The number of aliphatic hydroxyl groups excluding tert-OH is 3. The van der Waals surface area contributed by atoms with Gasteiger partial charge in [0.25, 0.3) is 0 Å². The van der Waals surface area contributed by atoms with Gasteiger partial charge in [0.1, 0.15) is 42.7 Å². The van der Waals surface area contributed by atoms with Gasteiger partial charge in [-0.15, -0.1) is 5.10 Å². The summed E-state index contributed by atoms with van der Waals surface area (Å²) in [5, 5.41) is 55.9. The fourth-order valence-corrected chi connectivity index (χ4v) is 12.1. The molecule has 4 aliphatic rings. The maximum atomic E-state index is 15.0. The van der Waals surface area contributed by atoms with E-state index in [1.807, 2.05) is 51.8 Å². The zero-order chi connectivity index (χ0) is 55.8. The van der Waals surface area contributed by atoms with Crippen molar-refractivity contribution in [3.63, 3.8) is 0 Å². The second-order valence-electron chi connectivity index (χ2n) is 23.5. The van der Waals surface area contributed by atoms with E-state index in [-0.39, 0.29) is 37.3 Å². The van der Waals surface area contributed by atoms with E-state index in [9.17, 15) is 29.6 Å². The number of likely N-dealkylation sites (N-methyl/N-ethyl adjacent to an activating group) is 3. The molecule has 0 amide bonds. The number of alkyl halides is 1. The second kappa shape index (κ2) is 27.6. The van der Waals surface area contributed by atoms with Crippen molar-refractivity contribution in [2.24, 2.45) is 17.8 Å². The van der Waals surface area contributed by atoms with Crippen LogP contribution in [0.3, 0.4) is 0 Å². The summed E-state index contributed by atoms with van der Waals surface area (Å²) in [6.07, 6.45) is -5.27. The van der Waals surface area contributed by atoms with Crippen LogP contribution in [0.15, 0.2) is 30.5 Å². The lowest BCUT2D eigenvalue weighted by Gasteiger charge is -2.47. The van der Waals surface area contributed by atoms with Crippen LogP contribution in [0.5, 0.6) is 0 Å². The first kappa shape index (κ1) is 62.4. The number of carbonyl (C=O) groups excluding carboxylic acids is 1. The van der Waals surface area contributed by atoms with Crippen molar-refractivity contribution in [1.82, 2.24) is 34.6 Å². The van der Waals surface area contributed by atoms with Gasteiger partial charge in [-0.1, -0.05) is 50.3 Å². The fourth-order valence-electron chi connectivity index (χ4n) is 12.1. The highest BCUT2D eigenvalue weighted by Crippen LogP contribution is 2.39. The molecule has 4 N–H and O–H groups in total. The summed E-state index contributed by atoms with van der Waals surface area (Å²) in [5.41, 5.74) is -0.0486. The van der Waals surface area contributed by atoms with Crippen molar-refractivity contribution in [1.29, 1.82) is 0 Å². The zero-order valence-electron chi connectivity index (χ0n) is 48.2. The highest BCUT2D eigenvalue weighted by molar-refractivity contribution is 5.73. The van der Waals surface area contributed by atoms with Gasteiger partial charge in [0.15, 0.2) is 12.6 Å². The van der Waals surface area contributed by atoms with E-state index in [1.165, 1.54) is 19.6 Å². The van der Waals surface area contributed by atoms with Gasteiger partial charge in [-0.25, -0.2) is 9.07 Å². The van der Waals surface area contributed by atoms with Crippen molar-refractivity contribution >= 4 is 5.97 Å². The molecule has 19 nitrogen and oxygen atoms in total. The monoisotopic (exact) mass is 1080 g/mol. The second-order valence-corrected chi connectivity index (χ2v) is 23.5. The molecule has 20 heteroatoms. The molecular weight excluding hydrogens is 982 g/mol. The van der Waals surface area contributed by atoms with E-state index < -0.39 is 109 Å². The Balaban J connectivity index is 1.19. The lowest BCUT2D eigenvalue weighted by molar-refractivity contribution is -0.304. The average molecular weight is 1080 g/mol. The Morgan fingerprint density at radius 1 is 0.908 bits per heavy atom. The van der Waals surface area contributed by atoms with E-state index in [2.05, 4.69) is 51.2 Å². The number of piperazine rings is 1. The van der Waals surface area contributed by atoms with Crippen LogP contribution in [-0.2, 0) is 50.9 Å². The predicted molar refractivity (Wildman–Crippen MR) is 285 cm³/mol. The highest BCUT2D eigenvalue weighted by atomic mass is 19.1. The summed E-state index contributed by atoms with van der Waals surface area (Å²) in [7, 11) is 9.18. The molecule has 6 rings (SSSR count). The number of benzene rings is 1. The number of ether oxygens (including phenoxy) is 7. The molecule has 0 aliphatic carbocycles. The van der Waals surface area contributed by atoms with Gasteiger partial charge >= 0.3 is 5.97 Å². The summed E-state index contributed by atoms with van der Waals surface area (Å²) in [5.74, 6) is -2.46. The van der Waals surface area contributed by atoms with Gasteiger partial charge in [-0.05, 0) is 99.0 Å². The number of nitrogens with zero attached hydrogens (tertiary/aromatic N) is 7. The molecule has 2 aromatic rings. The van der Waals surface area contributed by atoms with Crippen molar-refractivity contribution in [2.75, 3.05) is 81.3 Å². The minimum atomic E-state index is -1.81. The summed E-state index contributed by atoms with van der Waals surface area (Å²) in [6, 6.07) is 6.99. The van der Waals surface area contributed by atoms with Crippen molar-refractivity contribution in [2.45, 2.75) is 204 Å². The number of halogens is 1. The highest BCUT2D eigenvalue weighted by Gasteiger charge is 2.50. The third-order valence-corrected chi connectivity index (χ3v) is 17.4. The van der Waals surface area contributed by atoms with Crippen LogP contribution in [-0.4, -0.2) is 227 Å². The molecule has 4 aliphatic heterocycles. The lowest BCUT2D eigenvalue weighted by atomic mass is 9.83. The van der Waals surface area contributed by atoms with Crippen LogP contribution in [0.1, 0.15) is 123 Å². The number of aliphatic hydroxyl groups is 4. The fraction of sp³-hybridized carbons (Fsp3) is 0.839. The van der Waals surface area contributed by atoms with Crippen LogP contribution in [0, 0.1) is 17.8 Å². The summed E-state index contributed by atoms with van der Waals surface area (Å²) >= 11 is 0. The van der Waals surface area contributed by atoms with Crippen molar-refractivity contribution < 1.29 is 62.8 Å². The molecule has 0 unspecified atom stereocenters. The number of hydrogen-bond acceptors (Lipinski definition) is 18. The maximum Gasteiger partial charge on any atom is 0.311 e. The molecule has 434 valence electrons. The summed E-state index contributed by atoms with van der Waals surface area (Å²) in [4.78, 5) is 23.4. The first-order chi connectivity index (χ1) is 35.9. The Morgan fingerprint density at radius 2 is 1.58 bits per heavy atom. The number of carbonyl (C=O) groups is 1. The van der Waals surface area contributed by atoms with E-state index in [0.717, 1.165) is 44.0 Å². The van der Waals surface area contributed by atoms with Gasteiger partial charge in [0.2, 0.25) is 0 Å². The number of hydrogen-bond donors (Lipinski definition) is 4. The van der Waals surface area contributed by atoms with Crippen LogP contribution in [0.2, 0.25) is 0 Å². The molecular formula is C56H96FN7O12. The first-order valence-electron chi connectivity index (χ1n) is 28.0. The van der Waals surface area contributed by atoms with Crippen LogP contribution in [0.25, 0.3) is 0 Å². The first-order valence-corrected chi connectivity index (χ1v) is 28.0. The molecule has 76 heavy (non-hydrogen) atoms. The minimum Gasteiger partial charge on any atom is -0.459 e. The van der Waals surface area contributed by atoms with Gasteiger partial charge in [-0.2, -0.15) is 0 Å². The Labute approximate surface area is 452 Å². The van der Waals surface area contributed by atoms with Crippen LogP contribution < -0.4 is 0 Å². The van der Waals surface area contributed by atoms with E-state index in [1.54, 1.807) is 45.7 Å². The largest absolute Gasteiger partial charge is 0.459 e. The topological polar surface area (TPSA) is 206 Å². The number of methoxy groups -OCH3 is 2. The summed E-state index contributed by atoms with van der Waals surface area (Å²) < 4.78 is 61.0. The summed E-state index contributed by atoms with van der Waals surface area (Å²) in [6.45, 7) is 21.6. The zero-order valence-corrected chi connectivity index (χ0v) is 48.2. The molecule has 0 spiro atoms. The van der Waals surface area contributed by atoms with Gasteiger partial charge in [0, 0.05) is 103 Å². The SMILES string of the molecule is CC[C@H]1OC(=O)[C@H](C)[C@@H](O[C@H]2C[C@@](C)(OC)[C@@H](O)[C@H](C)O2)[C@H](C)[C@@H](O[C@H]2C[C@@H](N(C)CCc3cn([C@H](CF)[C@H](OC)c4ccc(CN5CCN(C)CC5)cc4)nn3)C[C@@H](C)O2)[C@H](O)C[C@@H](C)CN(C)[C@H](C)[C@@H](O)[C@]1(C)O. The molecule has 1 aromatic heterocycles. The number of cyclic esters (lactones) is 1. The molecule has 0 saturated carbocycles.